The summed E-state index contributed by atoms with van der Waals surface area (Å²) in [4.78, 5) is 0. The van der Waals surface area contributed by atoms with Crippen molar-refractivity contribution in [1.29, 1.82) is 0 Å². The molecule has 0 N–H and O–H groups in total. The molecule has 0 heterocycles. The van der Waals surface area contributed by atoms with E-state index in [0.29, 0.717) is 0 Å². The van der Waals surface area contributed by atoms with E-state index in [2.05, 4.69) is 40.9 Å². The first kappa shape index (κ1) is 10.1. The first-order valence-electron chi connectivity index (χ1n) is 0.401. The van der Waals surface area contributed by atoms with Gasteiger partial charge in [0.2, 0.25) is 0 Å². The van der Waals surface area contributed by atoms with Gasteiger partial charge >= 0.3 is 50.9 Å². The van der Waals surface area contributed by atoms with Crippen molar-refractivity contribution >= 4 is 40.9 Å². The van der Waals surface area contributed by atoms with Crippen LogP contribution >= 0.6 is 40.9 Å². The average molecular weight is 357 g/mol. The molecule has 0 saturated carbocycles. The second-order valence-electron chi connectivity index (χ2n) is 0.152. The Morgan fingerprint density at radius 2 is 1.00 bits per heavy atom. The number of hydrogen-bond acceptors (Lipinski definition) is 0. The van der Waals surface area contributed by atoms with Crippen LogP contribution in [0.15, 0.2) is 0 Å². The normalized spacial score (nSPS) is 9.00. The van der Waals surface area contributed by atoms with Gasteiger partial charge < -0.3 is 0 Å². The van der Waals surface area contributed by atoms with Crippen LogP contribution in [-0.4, -0.2) is 0 Å². The zero-order chi connectivity index (χ0) is 3.58. The van der Waals surface area contributed by atoms with Crippen molar-refractivity contribution in [2.24, 2.45) is 0 Å². The van der Waals surface area contributed by atoms with E-state index in [0.717, 1.165) is 0 Å². The fraction of sp³-hybridized carbons (Fsp3) is 1.00. The van der Waals surface area contributed by atoms with Crippen LogP contribution in [0.25, 0.3) is 0 Å². The van der Waals surface area contributed by atoms with E-state index in [4.69, 9.17) is 0 Å². The van der Waals surface area contributed by atoms with Crippen LogP contribution < -0.4 is 0 Å². The second-order valence-corrected chi connectivity index (χ2v) is 24.2. The molecule has 0 rings (SSSR count). The Bertz CT molecular complexity index is 11.6. The summed E-state index contributed by atoms with van der Waals surface area (Å²) in [6.45, 7) is 0. The molecule has 0 bridgehead atoms. The molecule has 37 valence electrons. The fourth-order valence-electron chi connectivity index (χ4n) is 0. The first-order chi connectivity index (χ1) is 1.73. The molecular formula is CH4Br3Ru. The summed E-state index contributed by atoms with van der Waals surface area (Å²) < 4.78 is 0. The van der Waals surface area contributed by atoms with Gasteiger partial charge in [-0.25, -0.2) is 0 Å². The molecule has 4 heteroatoms. The molecule has 0 nitrogen and oxygen atoms in total. The number of halogens is 3. The molecule has 0 spiro atoms. The average Bonchev–Trinajstić information content (AvgIpc) is 0.811. The molecule has 0 aromatic heterocycles. The first-order valence-corrected chi connectivity index (χ1v) is 12.3. The summed E-state index contributed by atoms with van der Waals surface area (Å²) in [6.07, 6.45) is 0. The van der Waals surface area contributed by atoms with E-state index >= 15 is 0 Å². The molecule has 0 amide bonds. The molecule has 0 unspecified atom stereocenters. The van der Waals surface area contributed by atoms with E-state index in [1.807, 2.05) is 0 Å². The molecule has 5 heavy (non-hydrogen) atoms. The zero-order valence-electron chi connectivity index (χ0n) is 1.49. The van der Waals surface area contributed by atoms with Crippen molar-refractivity contribution in [1.82, 2.24) is 0 Å². The minimum atomic E-state index is -0.732. The summed E-state index contributed by atoms with van der Waals surface area (Å²) in [5, 5.41) is 0. The molecule has 0 radical (unpaired) electrons. The van der Waals surface area contributed by atoms with Crippen LogP contribution in [0.4, 0.5) is 0 Å². The van der Waals surface area contributed by atoms with E-state index in [1.165, 1.54) is 0 Å². The molecule has 0 atom stereocenters. The van der Waals surface area contributed by atoms with Gasteiger partial charge in [0, 0.05) is 0 Å². The van der Waals surface area contributed by atoms with Crippen molar-refractivity contribution in [2.45, 2.75) is 7.43 Å². The third kappa shape index (κ3) is 23.5. The fourth-order valence-corrected chi connectivity index (χ4v) is 0. The third-order valence-electron chi connectivity index (χ3n) is 0. The predicted molar refractivity (Wildman–Crippen MR) is 33.5 cm³/mol. The minimum absolute atomic E-state index is 0. The van der Waals surface area contributed by atoms with Crippen LogP contribution in [0.3, 0.4) is 0 Å². The molecular weight excluding hydrogens is 353 g/mol. The van der Waals surface area contributed by atoms with Crippen LogP contribution in [0.2, 0.25) is 0 Å². The van der Waals surface area contributed by atoms with Gasteiger partial charge in [-0.05, 0) is 0 Å². The van der Waals surface area contributed by atoms with E-state index < -0.39 is 10.1 Å². The summed E-state index contributed by atoms with van der Waals surface area (Å²) in [5.41, 5.74) is 0. The van der Waals surface area contributed by atoms with Gasteiger partial charge in [0.05, 0.1) is 0 Å². The van der Waals surface area contributed by atoms with Crippen molar-refractivity contribution in [3.8, 4) is 0 Å². The Morgan fingerprint density at radius 3 is 1.00 bits per heavy atom. The van der Waals surface area contributed by atoms with Crippen LogP contribution in [0.5, 0.6) is 0 Å². The third-order valence-corrected chi connectivity index (χ3v) is 0. The Hall–Kier alpha value is 2.06. The monoisotopic (exact) mass is 355 g/mol. The second kappa shape index (κ2) is 6.06. The van der Waals surface area contributed by atoms with E-state index in [-0.39, 0.29) is 7.43 Å². The van der Waals surface area contributed by atoms with Gasteiger partial charge in [0.15, 0.2) is 0 Å². The van der Waals surface area contributed by atoms with Gasteiger partial charge in [-0.15, -0.1) is 0 Å². The Balaban J connectivity index is 0. The van der Waals surface area contributed by atoms with Gasteiger partial charge in [-0.2, -0.15) is 0 Å². The summed E-state index contributed by atoms with van der Waals surface area (Å²) in [6, 6.07) is 0. The topological polar surface area (TPSA) is 0 Å². The van der Waals surface area contributed by atoms with Crippen molar-refractivity contribution in [2.75, 3.05) is 0 Å². The van der Waals surface area contributed by atoms with Crippen LogP contribution in [-0.2, 0) is 10.1 Å². The number of hydrogen-bond donors (Lipinski definition) is 0. The zero-order valence-corrected chi connectivity index (χ0v) is 7.98. The van der Waals surface area contributed by atoms with Crippen LogP contribution in [0, 0.1) is 0 Å². The maximum absolute atomic E-state index is 3.25. The maximum atomic E-state index is 3.25. The standard InChI is InChI=1S/CH4.3BrH.Ru/h1H4;3*1H;/q;;;;+3/p-3. The van der Waals surface area contributed by atoms with E-state index in [1.54, 1.807) is 0 Å². The number of rotatable bonds is 0. The molecule has 0 saturated heterocycles. The molecule has 0 aliphatic rings. The quantitative estimate of drug-likeness (QED) is 0.585. The molecule has 0 aromatic rings. The molecule has 0 aliphatic heterocycles. The SMILES string of the molecule is C.[Br][Ru]([Br])[Br]. The van der Waals surface area contributed by atoms with Gasteiger partial charge in [0.25, 0.3) is 0 Å². The molecule has 0 aromatic carbocycles. The van der Waals surface area contributed by atoms with Gasteiger partial charge in [-0.3, -0.25) is 0 Å². The van der Waals surface area contributed by atoms with Crippen molar-refractivity contribution in [3.05, 3.63) is 0 Å². The Kier molecular flexibility index (Phi) is 12.3. The van der Waals surface area contributed by atoms with Crippen molar-refractivity contribution in [3.63, 3.8) is 0 Å². The van der Waals surface area contributed by atoms with Gasteiger partial charge in [0.1, 0.15) is 0 Å². The van der Waals surface area contributed by atoms with Crippen molar-refractivity contribution < 1.29 is 10.1 Å². The molecule has 0 fully saturated rings. The summed E-state index contributed by atoms with van der Waals surface area (Å²) >= 11 is 9.74. The van der Waals surface area contributed by atoms with Crippen LogP contribution in [0.1, 0.15) is 7.43 Å². The van der Waals surface area contributed by atoms with Gasteiger partial charge in [-0.1, -0.05) is 7.43 Å². The predicted octanol–water partition coefficient (Wildman–Crippen LogP) is 3.17. The summed E-state index contributed by atoms with van der Waals surface area (Å²) in [5.74, 6) is 0. The van der Waals surface area contributed by atoms with E-state index in [9.17, 15) is 0 Å². The Labute approximate surface area is 57.7 Å². The Morgan fingerprint density at radius 1 is 1.00 bits per heavy atom. The molecule has 0 aliphatic carbocycles. The summed E-state index contributed by atoms with van der Waals surface area (Å²) in [7, 11) is -0.732.